The molecule has 60 valence electrons. The number of rotatable bonds is 3. The fourth-order valence-corrected chi connectivity index (χ4v) is 1.80. The van der Waals surface area contributed by atoms with Crippen molar-refractivity contribution in [2.45, 2.75) is 20.3 Å². The zero-order chi connectivity index (χ0) is 8.27. The highest BCUT2D eigenvalue weighted by Gasteiger charge is 2.05. The van der Waals surface area contributed by atoms with Crippen molar-refractivity contribution in [1.29, 1.82) is 0 Å². The zero-order valence-electron chi connectivity index (χ0n) is 6.70. The monoisotopic (exact) mass is 169 g/mol. The lowest BCUT2D eigenvalue weighted by Crippen LogP contribution is -1.93. The first kappa shape index (κ1) is 8.40. The predicted octanol–water partition coefficient (Wildman–Crippen LogP) is 2.15. The Morgan fingerprint density at radius 2 is 2.45 bits per heavy atom. The van der Waals surface area contributed by atoms with Gasteiger partial charge in [0.25, 0.3) is 0 Å². The minimum absolute atomic E-state index is 0.592. The summed E-state index contributed by atoms with van der Waals surface area (Å²) in [5.41, 5.74) is 0.753. The first-order valence-electron chi connectivity index (χ1n) is 3.62. The number of nitrogens with zero attached hydrogens (tertiary/aromatic N) is 1. The van der Waals surface area contributed by atoms with Gasteiger partial charge in [0, 0.05) is 10.4 Å². The first-order chi connectivity index (χ1) is 5.24. The maximum absolute atomic E-state index is 10.4. The van der Waals surface area contributed by atoms with Crippen LogP contribution >= 0.6 is 11.5 Å². The molecule has 3 heteroatoms. The lowest BCUT2D eigenvalue weighted by atomic mass is 10.1. The zero-order valence-corrected chi connectivity index (χ0v) is 7.52. The Balaban J connectivity index is 2.76. The smallest absolute Gasteiger partial charge is 0.152 e. The van der Waals surface area contributed by atoms with Crippen LogP contribution in [0.5, 0.6) is 0 Å². The summed E-state index contributed by atoms with van der Waals surface area (Å²) in [6.07, 6.45) is 3.47. The molecule has 0 bridgehead atoms. The lowest BCUT2D eigenvalue weighted by molar-refractivity contribution is 0.112. The van der Waals surface area contributed by atoms with Crippen molar-refractivity contribution >= 4 is 17.8 Å². The number of carbonyl (C=O) groups excluding carboxylic acids is 1. The molecule has 1 aromatic rings. The molecule has 0 aliphatic rings. The van der Waals surface area contributed by atoms with E-state index < -0.39 is 0 Å². The topological polar surface area (TPSA) is 30.0 Å². The highest BCUT2D eigenvalue weighted by atomic mass is 32.1. The van der Waals surface area contributed by atoms with E-state index in [2.05, 4.69) is 18.2 Å². The van der Waals surface area contributed by atoms with Crippen molar-refractivity contribution in [2.24, 2.45) is 5.92 Å². The Bertz CT molecular complexity index is 242. The highest BCUT2D eigenvalue weighted by Crippen LogP contribution is 2.15. The van der Waals surface area contributed by atoms with Crippen LogP contribution in [-0.2, 0) is 6.42 Å². The standard InChI is InChI=1S/C8H11NOS/c1-6(2)3-8-7(5-10)4-9-11-8/h4-6H,3H2,1-2H3. The molecule has 0 aliphatic heterocycles. The van der Waals surface area contributed by atoms with Gasteiger partial charge in [-0.15, -0.1) is 0 Å². The van der Waals surface area contributed by atoms with Crippen molar-refractivity contribution in [2.75, 3.05) is 0 Å². The van der Waals surface area contributed by atoms with Gasteiger partial charge in [0.05, 0.1) is 6.20 Å². The van der Waals surface area contributed by atoms with Gasteiger partial charge in [-0.3, -0.25) is 4.79 Å². The third-order valence-electron chi connectivity index (χ3n) is 1.40. The van der Waals surface area contributed by atoms with E-state index in [4.69, 9.17) is 0 Å². The first-order valence-corrected chi connectivity index (χ1v) is 4.40. The van der Waals surface area contributed by atoms with Gasteiger partial charge in [0.15, 0.2) is 6.29 Å². The molecule has 1 rings (SSSR count). The molecule has 0 fully saturated rings. The fraction of sp³-hybridized carbons (Fsp3) is 0.500. The maximum atomic E-state index is 10.4. The minimum Gasteiger partial charge on any atom is -0.298 e. The molecule has 1 aromatic heterocycles. The van der Waals surface area contributed by atoms with Crippen LogP contribution in [0, 0.1) is 5.92 Å². The minimum atomic E-state index is 0.592. The number of aromatic nitrogens is 1. The van der Waals surface area contributed by atoms with E-state index in [9.17, 15) is 4.79 Å². The van der Waals surface area contributed by atoms with Crippen LogP contribution in [0.3, 0.4) is 0 Å². The van der Waals surface area contributed by atoms with E-state index in [1.807, 2.05) is 0 Å². The van der Waals surface area contributed by atoms with Gasteiger partial charge in [-0.2, -0.15) is 0 Å². The summed E-state index contributed by atoms with van der Waals surface area (Å²) in [7, 11) is 0. The van der Waals surface area contributed by atoms with Crippen molar-refractivity contribution in [3.63, 3.8) is 0 Å². The molecule has 0 aliphatic carbocycles. The van der Waals surface area contributed by atoms with E-state index >= 15 is 0 Å². The molecule has 0 atom stereocenters. The van der Waals surface area contributed by atoms with Gasteiger partial charge in [0.2, 0.25) is 0 Å². The van der Waals surface area contributed by atoms with Crippen molar-refractivity contribution in [1.82, 2.24) is 4.37 Å². The Morgan fingerprint density at radius 3 is 3.00 bits per heavy atom. The van der Waals surface area contributed by atoms with Gasteiger partial charge in [-0.1, -0.05) is 13.8 Å². The van der Waals surface area contributed by atoms with Crippen LogP contribution in [0.1, 0.15) is 29.1 Å². The van der Waals surface area contributed by atoms with Gasteiger partial charge in [0.1, 0.15) is 0 Å². The van der Waals surface area contributed by atoms with E-state index in [0.717, 1.165) is 23.1 Å². The second kappa shape index (κ2) is 3.62. The maximum Gasteiger partial charge on any atom is 0.152 e. The average molecular weight is 169 g/mol. The summed E-state index contributed by atoms with van der Waals surface area (Å²) >= 11 is 1.42. The van der Waals surface area contributed by atoms with Crippen molar-refractivity contribution in [3.05, 3.63) is 16.6 Å². The molecule has 0 unspecified atom stereocenters. The predicted molar refractivity (Wildman–Crippen MR) is 46.0 cm³/mol. The Labute approximate surface area is 70.4 Å². The van der Waals surface area contributed by atoms with Crippen LogP contribution < -0.4 is 0 Å². The van der Waals surface area contributed by atoms with E-state index in [0.29, 0.717) is 5.92 Å². The number of aldehydes is 1. The molecule has 0 saturated heterocycles. The lowest BCUT2D eigenvalue weighted by Gasteiger charge is -2.00. The Kier molecular flexibility index (Phi) is 2.76. The van der Waals surface area contributed by atoms with Gasteiger partial charge < -0.3 is 0 Å². The van der Waals surface area contributed by atoms with E-state index in [1.54, 1.807) is 6.20 Å². The quantitative estimate of drug-likeness (QED) is 0.649. The molecule has 2 nitrogen and oxygen atoms in total. The van der Waals surface area contributed by atoms with Crippen LogP contribution in [0.25, 0.3) is 0 Å². The van der Waals surface area contributed by atoms with Crippen LogP contribution in [0.2, 0.25) is 0 Å². The van der Waals surface area contributed by atoms with Gasteiger partial charge >= 0.3 is 0 Å². The highest BCUT2D eigenvalue weighted by molar-refractivity contribution is 7.06. The van der Waals surface area contributed by atoms with Crippen molar-refractivity contribution in [3.8, 4) is 0 Å². The average Bonchev–Trinajstić information content (AvgIpc) is 2.34. The largest absolute Gasteiger partial charge is 0.298 e. The third-order valence-corrected chi connectivity index (χ3v) is 2.23. The summed E-state index contributed by atoms with van der Waals surface area (Å²) in [6.45, 7) is 4.27. The second-order valence-corrected chi connectivity index (χ2v) is 3.81. The van der Waals surface area contributed by atoms with E-state index in [1.165, 1.54) is 11.5 Å². The molecule has 0 radical (unpaired) electrons. The van der Waals surface area contributed by atoms with Gasteiger partial charge in [-0.05, 0) is 23.9 Å². The number of hydrogen-bond acceptors (Lipinski definition) is 3. The molecular formula is C8H11NOS. The number of carbonyl (C=O) groups is 1. The Morgan fingerprint density at radius 1 is 1.73 bits per heavy atom. The number of hydrogen-bond donors (Lipinski definition) is 0. The summed E-state index contributed by atoms with van der Waals surface area (Å²) in [4.78, 5) is 11.5. The summed E-state index contributed by atoms with van der Waals surface area (Å²) in [5.74, 6) is 0.592. The third kappa shape index (κ3) is 2.12. The molecule has 0 amide bonds. The molecule has 0 saturated carbocycles. The van der Waals surface area contributed by atoms with Gasteiger partial charge in [-0.25, -0.2) is 4.37 Å². The molecular weight excluding hydrogens is 158 g/mol. The second-order valence-electron chi connectivity index (χ2n) is 2.92. The van der Waals surface area contributed by atoms with Crippen LogP contribution in [0.4, 0.5) is 0 Å². The summed E-state index contributed by atoms with van der Waals surface area (Å²) in [6, 6.07) is 0. The molecule has 0 spiro atoms. The molecule has 1 heterocycles. The van der Waals surface area contributed by atoms with E-state index in [-0.39, 0.29) is 0 Å². The fourth-order valence-electron chi connectivity index (χ4n) is 0.894. The molecule has 0 N–H and O–H groups in total. The van der Waals surface area contributed by atoms with Crippen LogP contribution in [0.15, 0.2) is 6.20 Å². The molecule has 11 heavy (non-hydrogen) atoms. The summed E-state index contributed by atoms with van der Waals surface area (Å²) in [5, 5.41) is 0. The van der Waals surface area contributed by atoms with Crippen LogP contribution in [-0.4, -0.2) is 10.7 Å². The molecule has 0 aromatic carbocycles. The normalized spacial score (nSPS) is 10.5. The SMILES string of the molecule is CC(C)Cc1sncc1C=O. The Hall–Kier alpha value is -0.700. The van der Waals surface area contributed by atoms with Crippen molar-refractivity contribution < 1.29 is 4.79 Å². The summed E-state index contributed by atoms with van der Waals surface area (Å²) < 4.78 is 3.96.